The highest BCUT2D eigenvalue weighted by molar-refractivity contribution is 5.74. The Kier molecular flexibility index (Phi) is 13.3. The van der Waals surface area contributed by atoms with Gasteiger partial charge in [-0.05, 0) is 31.1 Å². The van der Waals surface area contributed by atoms with Gasteiger partial charge in [0.2, 0.25) is 0 Å². The minimum absolute atomic E-state index is 0.109. The Balaban J connectivity index is 2.00. The van der Waals surface area contributed by atoms with E-state index in [1.807, 2.05) is 0 Å². The van der Waals surface area contributed by atoms with Crippen molar-refractivity contribution in [2.75, 3.05) is 0 Å². The zero-order chi connectivity index (χ0) is 19.9. The molecule has 1 aliphatic rings. The predicted octanol–water partition coefficient (Wildman–Crippen LogP) is 6.67. The molecule has 4 nitrogen and oxygen atoms in total. The first-order chi connectivity index (χ1) is 13.1. The molecule has 1 aliphatic carbocycles. The van der Waals surface area contributed by atoms with E-state index < -0.39 is 11.9 Å². The lowest BCUT2D eigenvalue weighted by molar-refractivity contribution is -0.139. The van der Waals surface area contributed by atoms with Crippen molar-refractivity contribution >= 4 is 11.9 Å². The molecule has 0 bridgehead atoms. The third kappa shape index (κ3) is 11.4. The molecule has 0 aromatic rings. The second-order valence-electron chi connectivity index (χ2n) is 8.51. The lowest BCUT2D eigenvalue weighted by Gasteiger charge is -2.03. The van der Waals surface area contributed by atoms with Gasteiger partial charge in [0.1, 0.15) is 0 Å². The Hall–Kier alpha value is -1.06. The van der Waals surface area contributed by atoms with Crippen LogP contribution in [0.15, 0.2) is 0 Å². The van der Waals surface area contributed by atoms with Gasteiger partial charge in [0.15, 0.2) is 0 Å². The molecule has 1 saturated carbocycles. The molecule has 0 amide bonds. The molecule has 2 N–H and O–H groups in total. The van der Waals surface area contributed by atoms with Crippen LogP contribution in [0.1, 0.15) is 116 Å². The largest absolute Gasteiger partial charge is 0.481 e. The minimum Gasteiger partial charge on any atom is -0.481 e. The summed E-state index contributed by atoms with van der Waals surface area (Å²) in [5.41, 5.74) is 0. The molecule has 0 radical (unpaired) electrons. The van der Waals surface area contributed by atoms with Crippen LogP contribution in [0.4, 0.5) is 0 Å². The topological polar surface area (TPSA) is 74.6 Å². The number of hydrogen-bond donors (Lipinski definition) is 2. The summed E-state index contributed by atoms with van der Waals surface area (Å²) in [5, 5.41) is 18.0. The molecule has 4 heteroatoms. The second kappa shape index (κ2) is 14.9. The van der Waals surface area contributed by atoms with Crippen molar-refractivity contribution in [2.24, 2.45) is 17.8 Å². The molecule has 1 rings (SSSR count). The van der Waals surface area contributed by atoms with Gasteiger partial charge in [-0.1, -0.05) is 90.4 Å². The van der Waals surface area contributed by atoms with Crippen molar-refractivity contribution in [3.05, 3.63) is 0 Å². The molecule has 27 heavy (non-hydrogen) atoms. The molecule has 0 aromatic heterocycles. The fraction of sp³-hybridized carbons (Fsp3) is 0.913. The lowest BCUT2D eigenvalue weighted by atomic mass is 10.0. The molecule has 3 atom stereocenters. The number of hydrogen-bond acceptors (Lipinski definition) is 2. The molecule has 158 valence electrons. The Morgan fingerprint density at radius 3 is 1.44 bits per heavy atom. The number of rotatable bonds is 19. The first-order valence-corrected chi connectivity index (χ1v) is 11.5. The zero-order valence-corrected chi connectivity index (χ0v) is 17.5. The van der Waals surface area contributed by atoms with Gasteiger partial charge in [-0.25, -0.2) is 0 Å². The summed E-state index contributed by atoms with van der Waals surface area (Å²) < 4.78 is 0. The van der Waals surface area contributed by atoms with Crippen molar-refractivity contribution in [3.63, 3.8) is 0 Å². The van der Waals surface area contributed by atoms with Crippen LogP contribution in [0.5, 0.6) is 0 Å². The minimum atomic E-state index is -0.723. The molecule has 0 aliphatic heterocycles. The van der Waals surface area contributed by atoms with Gasteiger partial charge >= 0.3 is 11.9 Å². The summed E-state index contributed by atoms with van der Waals surface area (Å²) >= 11 is 0. The molecular weight excluding hydrogens is 340 g/mol. The SMILES string of the molecule is CCCCCCCCCCCCC1C(CCCCCCC(=O)O)C1C(=O)O. The molecule has 0 saturated heterocycles. The highest BCUT2D eigenvalue weighted by atomic mass is 16.4. The van der Waals surface area contributed by atoms with E-state index in [0.29, 0.717) is 11.8 Å². The van der Waals surface area contributed by atoms with Crippen LogP contribution in [-0.4, -0.2) is 22.2 Å². The van der Waals surface area contributed by atoms with Gasteiger partial charge in [-0.2, -0.15) is 0 Å². The fourth-order valence-electron chi connectivity index (χ4n) is 4.48. The van der Waals surface area contributed by atoms with E-state index >= 15 is 0 Å². The van der Waals surface area contributed by atoms with Crippen LogP contribution < -0.4 is 0 Å². The van der Waals surface area contributed by atoms with Gasteiger partial charge in [0, 0.05) is 6.42 Å². The monoisotopic (exact) mass is 382 g/mol. The maximum atomic E-state index is 11.4. The highest BCUT2D eigenvalue weighted by Crippen LogP contribution is 2.52. The average molecular weight is 383 g/mol. The van der Waals surface area contributed by atoms with Crippen molar-refractivity contribution in [2.45, 2.75) is 116 Å². The number of unbranched alkanes of at least 4 members (excludes halogenated alkanes) is 12. The van der Waals surface area contributed by atoms with E-state index in [4.69, 9.17) is 5.11 Å². The molecule has 3 unspecified atom stereocenters. The average Bonchev–Trinajstić information content (AvgIpc) is 3.32. The Morgan fingerprint density at radius 1 is 0.630 bits per heavy atom. The van der Waals surface area contributed by atoms with E-state index in [0.717, 1.165) is 38.5 Å². The Bertz CT molecular complexity index is 407. The normalized spacial score (nSPS) is 21.3. The summed E-state index contributed by atoms with van der Waals surface area (Å²) in [6.07, 6.45) is 19.3. The van der Waals surface area contributed by atoms with E-state index in [1.54, 1.807) is 0 Å². The number of carboxylic acid groups (broad SMARTS) is 2. The van der Waals surface area contributed by atoms with Crippen LogP contribution in [0.25, 0.3) is 0 Å². The lowest BCUT2D eigenvalue weighted by Crippen LogP contribution is -2.00. The van der Waals surface area contributed by atoms with Crippen molar-refractivity contribution in [1.82, 2.24) is 0 Å². The van der Waals surface area contributed by atoms with Crippen LogP contribution in [0.2, 0.25) is 0 Å². The third-order valence-electron chi connectivity index (χ3n) is 6.19. The van der Waals surface area contributed by atoms with E-state index in [1.165, 1.54) is 64.2 Å². The number of carbonyl (C=O) groups is 2. The number of carboxylic acids is 2. The molecule has 0 aromatic carbocycles. The zero-order valence-electron chi connectivity index (χ0n) is 17.5. The third-order valence-corrected chi connectivity index (χ3v) is 6.19. The maximum absolute atomic E-state index is 11.4. The fourth-order valence-corrected chi connectivity index (χ4v) is 4.48. The number of aliphatic carboxylic acids is 2. The molecule has 0 spiro atoms. The van der Waals surface area contributed by atoms with E-state index in [-0.39, 0.29) is 12.3 Å². The van der Waals surface area contributed by atoms with Crippen LogP contribution >= 0.6 is 0 Å². The maximum Gasteiger partial charge on any atom is 0.307 e. The predicted molar refractivity (Wildman–Crippen MR) is 110 cm³/mol. The van der Waals surface area contributed by atoms with Gasteiger partial charge in [-0.15, -0.1) is 0 Å². The smallest absolute Gasteiger partial charge is 0.307 e. The summed E-state index contributed by atoms with van der Waals surface area (Å²) in [7, 11) is 0. The van der Waals surface area contributed by atoms with Gasteiger partial charge in [0.05, 0.1) is 5.92 Å². The molecule has 0 heterocycles. The first kappa shape index (κ1) is 24.0. The van der Waals surface area contributed by atoms with Crippen LogP contribution in [0, 0.1) is 17.8 Å². The quantitative estimate of drug-likeness (QED) is 0.245. The van der Waals surface area contributed by atoms with Crippen molar-refractivity contribution < 1.29 is 19.8 Å². The van der Waals surface area contributed by atoms with Crippen LogP contribution in [0.3, 0.4) is 0 Å². The Morgan fingerprint density at radius 2 is 1.04 bits per heavy atom. The van der Waals surface area contributed by atoms with Gasteiger partial charge in [0.25, 0.3) is 0 Å². The summed E-state index contributed by atoms with van der Waals surface area (Å²) in [6.45, 7) is 2.25. The summed E-state index contributed by atoms with van der Waals surface area (Å²) in [5.74, 6) is -0.665. The molecule has 1 fully saturated rings. The van der Waals surface area contributed by atoms with Crippen molar-refractivity contribution in [1.29, 1.82) is 0 Å². The van der Waals surface area contributed by atoms with Gasteiger partial charge < -0.3 is 10.2 Å². The van der Waals surface area contributed by atoms with Gasteiger partial charge in [-0.3, -0.25) is 9.59 Å². The second-order valence-corrected chi connectivity index (χ2v) is 8.51. The van der Waals surface area contributed by atoms with E-state index in [2.05, 4.69) is 6.92 Å². The highest BCUT2D eigenvalue weighted by Gasteiger charge is 2.53. The Labute approximate surface area is 166 Å². The summed E-state index contributed by atoms with van der Waals surface area (Å²) in [4.78, 5) is 21.9. The molecular formula is C23H42O4. The standard InChI is InChI=1S/C23H42O4/c1-2-3-4-5-6-7-8-9-10-13-16-19-20(22(19)23(26)27)17-14-11-12-15-18-21(24)25/h19-20,22H,2-18H2,1H3,(H,24,25)(H,26,27). The summed E-state index contributed by atoms with van der Waals surface area (Å²) in [6, 6.07) is 0. The van der Waals surface area contributed by atoms with Crippen molar-refractivity contribution in [3.8, 4) is 0 Å². The first-order valence-electron chi connectivity index (χ1n) is 11.5. The van der Waals surface area contributed by atoms with Crippen LogP contribution in [-0.2, 0) is 9.59 Å². The van der Waals surface area contributed by atoms with E-state index in [9.17, 15) is 14.7 Å².